The molecule has 0 bridgehead atoms. The first-order valence-corrected chi connectivity index (χ1v) is 5.01. The SMILES string of the molecule is Fc1ccc(F)c(CC2CCNC2)c1F. The lowest BCUT2D eigenvalue weighted by Gasteiger charge is -2.10. The topological polar surface area (TPSA) is 12.0 Å². The van der Waals surface area contributed by atoms with Gasteiger partial charge >= 0.3 is 0 Å². The molecule has 1 fully saturated rings. The van der Waals surface area contributed by atoms with Crippen molar-refractivity contribution in [3.05, 3.63) is 35.1 Å². The lowest BCUT2D eigenvalue weighted by atomic mass is 9.98. The molecule has 1 unspecified atom stereocenters. The summed E-state index contributed by atoms with van der Waals surface area (Å²) in [5.41, 5.74) is -0.122. The quantitative estimate of drug-likeness (QED) is 0.746. The molecular formula is C11H12F3N. The molecule has 15 heavy (non-hydrogen) atoms. The number of nitrogens with one attached hydrogen (secondary N) is 1. The molecule has 1 saturated heterocycles. The second-order valence-corrected chi connectivity index (χ2v) is 3.88. The molecular weight excluding hydrogens is 203 g/mol. The Morgan fingerprint density at radius 1 is 1.20 bits per heavy atom. The van der Waals surface area contributed by atoms with Crippen molar-refractivity contribution in [1.29, 1.82) is 0 Å². The van der Waals surface area contributed by atoms with Crippen LogP contribution in [0.15, 0.2) is 12.1 Å². The Hall–Kier alpha value is -1.03. The van der Waals surface area contributed by atoms with E-state index >= 15 is 0 Å². The summed E-state index contributed by atoms with van der Waals surface area (Å²) in [5.74, 6) is -2.46. The maximum atomic E-state index is 13.3. The van der Waals surface area contributed by atoms with Gasteiger partial charge in [-0.25, -0.2) is 13.2 Å². The Morgan fingerprint density at radius 2 is 1.93 bits per heavy atom. The minimum Gasteiger partial charge on any atom is -0.316 e. The van der Waals surface area contributed by atoms with Crippen LogP contribution in [0.4, 0.5) is 13.2 Å². The summed E-state index contributed by atoms with van der Waals surface area (Å²) in [5, 5.41) is 3.11. The highest BCUT2D eigenvalue weighted by Crippen LogP contribution is 2.21. The summed E-state index contributed by atoms with van der Waals surface area (Å²) >= 11 is 0. The number of hydrogen-bond acceptors (Lipinski definition) is 1. The van der Waals surface area contributed by atoms with E-state index in [0.717, 1.165) is 31.6 Å². The third kappa shape index (κ3) is 2.15. The lowest BCUT2D eigenvalue weighted by Crippen LogP contribution is -2.12. The summed E-state index contributed by atoms with van der Waals surface area (Å²) in [6.45, 7) is 1.61. The molecule has 0 spiro atoms. The Morgan fingerprint density at radius 3 is 2.60 bits per heavy atom. The molecule has 2 rings (SSSR count). The van der Waals surface area contributed by atoms with Crippen LogP contribution in [-0.4, -0.2) is 13.1 Å². The van der Waals surface area contributed by atoms with Gasteiger partial charge in [-0.05, 0) is 44.0 Å². The van der Waals surface area contributed by atoms with Crippen LogP contribution in [0, 0.1) is 23.4 Å². The number of benzene rings is 1. The average Bonchev–Trinajstić information content (AvgIpc) is 2.71. The molecule has 1 aromatic carbocycles. The molecule has 0 amide bonds. The van der Waals surface area contributed by atoms with E-state index in [1.807, 2.05) is 0 Å². The number of halogens is 3. The van der Waals surface area contributed by atoms with Gasteiger partial charge in [0.15, 0.2) is 11.6 Å². The minimum atomic E-state index is -1.04. The molecule has 1 atom stereocenters. The van der Waals surface area contributed by atoms with Crippen LogP contribution in [0.3, 0.4) is 0 Å². The third-order valence-electron chi connectivity index (χ3n) is 2.79. The molecule has 0 aromatic heterocycles. The van der Waals surface area contributed by atoms with Gasteiger partial charge in [0.25, 0.3) is 0 Å². The molecule has 1 N–H and O–H groups in total. The van der Waals surface area contributed by atoms with Gasteiger partial charge in [0.1, 0.15) is 5.82 Å². The van der Waals surface area contributed by atoms with Crippen LogP contribution in [0.25, 0.3) is 0 Å². The molecule has 0 saturated carbocycles. The maximum Gasteiger partial charge on any atom is 0.164 e. The zero-order chi connectivity index (χ0) is 10.8. The van der Waals surface area contributed by atoms with Gasteiger partial charge in [0, 0.05) is 5.56 Å². The monoisotopic (exact) mass is 215 g/mol. The fraction of sp³-hybridized carbons (Fsp3) is 0.455. The van der Waals surface area contributed by atoms with Crippen LogP contribution in [0.5, 0.6) is 0 Å². The van der Waals surface area contributed by atoms with Crippen molar-refractivity contribution in [2.75, 3.05) is 13.1 Å². The van der Waals surface area contributed by atoms with E-state index in [9.17, 15) is 13.2 Å². The van der Waals surface area contributed by atoms with Crippen molar-refractivity contribution in [1.82, 2.24) is 5.32 Å². The molecule has 1 aromatic rings. The summed E-state index contributed by atoms with van der Waals surface area (Å²) < 4.78 is 39.4. The van der Waals surface area contributed by atoms with Gasteiger partial charge in [0.05, 0.1) is 0 Å². The van der Waals surface area contributed by atoms with Gasteiger partial charge in [-0.2, -0.15) is 0 Å². The van der Waals surface area contributed by atoms with Crippen LogP contribution < -0.4 is 5.32 Å². The van der Waals surface area contributed by atoms with E-state index in [-0.39, 0.29) is 17.9 Å². The zero-order valence-electron chi connectivity index (χ0n) is 8.19. The molecule has 1 aliphatic heterocycles. The third-order valence-corrected chi connectivity index (χ3v) is 2.79. The molecule has 1 aliphatic rings. The highest BCUT2D eigenvalue weighted by molar-refractivity contribution is 5.21. The number of rotatable bonds is 2. The normalized spacial score (nSPS) is 20.9. The van der Waals surface area contributed by atoms with Gasteiger partial charge in [-0.1, -0.05) is 0 Å². The van der Waals surface area contributed by atoms with Crippen molar-refractivity contribution in [3.8, 4) is 0 Å². The molecule has 0 aliphatic carbocycles. The van der Waals surface area contributed by atoms with E-state index in [2.05, 4.69) is 5.32 Å². The van der Waals surface area contributed by atoms with Crippen LogP contribution in [0.2, 0.25) is 0 Å². The first-order valence-electron chi connectivity index (χ1n) is 5.01. The van der Waals surface area contributed by atoms with E-state index in [1.54, 1.807) is 0 Å². The van der Waals surface area contributed by atoms with Gasteiger partial charge in [0.2, 0.25) is 0 Å². The molecule has 1 heterocycles. The van der Waals surface area contributed by atoms with Crippen molar-refractivity contribution >= 4 is 0 Å². The summed E-state index contributed by atoms with van der Waals surface area (Å²) in [6, 6.07) is 1.80. The summed E-state index contributed by atoms with van der Waals surface area (Å²) in [4.78, 5) is 0. The predicted octanol–water partition coefficient (Wildman–Crippen LogP) is 2.26. The van der Waals surface area contributed by atoms with E-state index < -0.39 is 17.5 Å². The zero-order valence-corrected chi connectivity index (χ0v) is 8.19. The first kappa shape index (κ1) is 10.5. The summed E-state index contributed by atoms with van der Waals surface area (Å²) in [7, 11) is 0. The number of hydrogen-bond donors (Lipinski definition) is 1. The highest BCUT2D eigenvalue weighted by atomic mass is 19.2. The molecule has 4 heteroatoms. The lowest BCUT2D eigenvalue weighted by molar-refractivity contribution is 0.460. The maximum absolute atomic E-state index is 13.3. The molecule has 0 radical (unpaired) electrons. The van der Waals surface area contributed by atoms with Crippen molar-refractivity contribution in [2.24, 2.45) is 5.92 Å². The Bertz CT molecular complexity index is 359. The Kier molecular flexibility index (Phi) is 2.95. The second kappa shape index (κ2) is 4.23. The van der Waals surface area contributed by atoms with Crippen LogP contribution in [-0.2, 0) is 6.42 Å². The molecule has 1 nitrogen and oxygen atoms in total. The van der Waals surface area contributed by atoms with E-state index in [4.69, 9.17) is 0 Å². The minimum absolute atomic E-state index is 0.122. The summed E-state index contributed by atoms with van der Waals surface area (Å²) in [6.07, 6.45) is 1.15. The first-order chi connectivity index (χ1) is 7.18. The van der Waals surface area contributed by atoms with Gasteiger partial charge < -0.3 is 5.32 Å². The van der Waals surface area contributed by atoms with Crippen LogP contribution in [0.1, 0.15) is 12.0 Å². The Balaban J connectivity index is 2.22. The predicted molar refractivity (Wildman–Crippen MR) is 51.0 cm³/mol. The molecule has 82 valence electrons. The fourth-order valence-corrected chi connectivity index (χ4v) is 1.93. The Labute approximate surface area is 86.3 Å². The standard InChI is InChI=1S/C11H12F3N/c12-9-1-2-10(13)11(14)8(9)5-7-3-4-15-6-7/h1-2,7,15H,3-6H2. The van der Waals surface area contributed by atoms with E-state index in [0.29, 0.717) is 0 Å². The average molecular weight is 215 g/mol. The fourth-order valence-electron chi connectivity index (χ4n) is 1.93. The van der Waals surface area contributed by atoms with Gasteiger partial charge in [-0.15, -0.1) is 0 Å². The highest BCUT2D eigenvalue weighted by Gasteiger charge is 2.20. The van der Waals surface area contributed by atoms with Crippen molar-refractivity contribution < 1.29 is 13.2 Å². The van der Waals surface area contributed by atoms with Crippen molar-refractivity contribution in [3.63, 3.8) is 0 Å². The second-order valence-electron chi connectivity index (χ2n) is 3.88. The van der Waals surface area contributed by atoms with E-state index in [1.165, 1.54) is 0 Å². The van der Waals surface area contributed by atoms with Crippen LogP contribution >= 0.6 is 0 Å². The smallest absolute Gasteiger partial charge is 0.164 e. The largest absolute Gasteiger partial charge is 0.316 e. The van der Waals surface area contributed by atoms with Gasteiger partial charge in [-0.3, -0.25) is 0 Å². The van der Waals surface area contributed by atoms with Crippen molar-refractivity contribution in [2.45, 2.75) is 12.8 Å².